The summed E-state index contributed by atoms with van der Waals surface area (Å²) < 4.78 is 10.7. The summed E-state index contributed by atoms with van der Waals surface area (Å²) >= 11 is 0. The SMILES string of the molecule is CCOC(=O)CN(CC)CCOc1ccccc1CN. The van der Waals surface area contributed by atoms with Gasteiger partial charge in [0.2, 0.25) is 0 Å². The minimum Gasteiger partial charge on any atom is -0.492 e. The van der Waals surface area contributed by atoms with E-state index in [1.807, 2.05) is 36.1 Å². The summed E-state index contributed by atoms with van der Waals surface area (Å²) in [7, 11) is 0. The Morgan fingerprint density at radius 2 is 2.05 bits per heavy atom. The standard InChI is InChI=1S/C15H24N2O3/c1-3-17(12-15(18)19-4-2)9-10-20-14-8-6-5-7-13(14)11-16/h5-8H,3-4,9-12,16H2,1-2H3. The summed E-state index contributed by atoms with van der Waals surface area (Å²) in [6, 6.07) is 7.72. The van der Waals surface area contributed by atoms with Crippen LogP contribution in [0.2, 0.25) is 0 Å². The van der Waals surface area contributed by atoms with Crippen LogP contribution in [0, 0.1) is 0 Å². The van der Waals surface area contributed by atoms with E-state index in [0.717, 1.165) is 17.9 Å². The summed E-state index contributed by atoms with van der Waals surface area (Å²) in [6.45, 7) is 6.95. The van der Waals surface area contributed by atoms with Gasteiger partial charge in [-0.05, 0) is 19.5 Å². The van der Waals surface area contributed by atoms with Crippen LogP contribution in [0.25, 0.3) is 0 Å². The molecule has 0 aliphatic carbocycles. The van der Waals surface area contributed by atoms with Gasteiger partial charge in [-0.3, -0.25) is 9.69 Å². The first-order valence-electron chi connectivity index (χ1n) is 7.00. The average molecular weight is 280 g/mol. The van der Waals surface area contributed by atoms with E-state index < -0.39 is 0 Å². The number of rotatable bonds is 9. The Morgan fingerprint density at radius 1 is 1.30 bits per heavy atom. The van der Waals surface area contributed by atoms with Crippen molar-refractivity contribution in [2.75, 3.05) is 32.8 Å². The minimum absolute atomic E-state index is 0.197. The summed E-state index contributed by atoms with van der Waals surface area (Å²) in [5.74, 6) is 0.610. The molecule has 0 aliphatic heterocycles. The smallest absolute Gasteiger partial charge is 0.320 e. The maximum atomic E-state index is 11.4. The van der Waals surface area contributed by atoms with Crippen LogP contribution in [0.1, 0.15) is 19.4 Å². The number of nitrogens with two attached hydrogens (primary N) is 1. The van der Waals surface area contributed by atoms with E-state index in [2.05, 4.69) is 0 Å². The fraction of sp³-hybridized carbons (Fsp3) is 0.533. The molecule has 0 heterocycles. The molecule has 1 aromatic rings. The molecule has 0 amide bonds. The van der Waals surface area contributed by atoms with Crippen LogP contribution in [-0.2, 0) is 16.1 Å². The third-order valence-electron chi connectivity index (χ3n) is 2.96. The number of carbonyl (C=O) groups is 1. The zero-order chi connectivity index (χ0) is 14.8. The molecule has 0 aromatic heterocycles. The number of para-hydroxylation sites is 1. The molecule has 0 saturated carbocycles. The minimum atomic E-state index is -0.197. The van der Waals surface area contributed by atoms with Crippen molar-refractivity contribution >= 4 is 5.97 Å². The first kappa shape index (κ1) is 16.5. The predicted octanol–water partition coefficient (Wildman–Crippen LogP) is 1.41. The van der Waals surface area contributed by atoms with E-state index in [1.165, 1.54) is 0 Å². The van der Waals surface area contributed by atoms with Crippen molar-refractivity contribution in [3.63, 3.8) is 0 Å². The first-order chi connectivity index (χ1) is 9.71. The Balaban J connectivity index is 2.39. The number of hydrogen-bond acceptors (Lipinski definition) is 5. The van der Waals surface area contributed by atoms with E-state index in [4.69, 9.17) is 15.2 Å². The maximum absolute atomic E-state index is 11.4. The Labute approximate surface area is 120 Å². The number of likely N-dealkylation sites (N-methyl/N-ethyl adjacent to an activating group) is 1. The second kappa shape index (κ2) is 9.34. The molecular weight excluding hydrogens is 256 g/mol. The highest BCUT2D eigenvalue weighted by atomic mass is 16.5. The Kier molecular flexibility index (Phi) is 7.69. The second-order valence-electron chi connectivity index (χ2n) is 4.33. The number of carbonyl (C=O) groups excluding carboxylic acids is 1. The van der Waals surface area contributed by atoms with Gasteiger partial charge in [0.1, 0.15) is 12.4 Å². The van der Waals surface area contributed by atoms with Gasteiger partial charge in [0.05, 0.1) is 13.2 Å². The molecule has 20 heavy (non-hydrogen) atoms. The van der Waals surface area contributed by atoms with Crippen molar-refractivity contribution < 1.29 is 14.3 Å². The quantitative estimate of drug-likeness (QED) is 0.693. The summed E-state index contributed by atoms with van der Waals surface area (Å²) in [5.41, 5.74) is 6.64. The lowest BCUT2D eigenvalue weighted by molar-refractivity contribution is -0.144. The highest BCUT2D eigenvalue weighted by molar-refractivity contribution is 5.71. The van der Waals surface area contributed by atoms with Crippen LogP contribution in [0.5, 0.6) is 5.75 Å². The maximum Gasteiger partial charge on any atom is 0.320 e. The average Bonchev–Trinajstić information content (AvgIpc) is 2.47. The molecule has 0 atom stereocenters. The highest BCUT2D eigenvalue weighted by Gasteiger charge is 2.10. The second-order valence-corrected chi connectivity index (χ2v) is 4.33. The molecule has 0 unspecified atom stereocenters. The zero-order valence-corrected chi connectivity index (χ0v) is 12.3. The van der Waals surface area contributed by atoms with Gasteiger partial charge >= 0.3 is 5.97 Å². The zero-order valence-electron chi connectivity index (χ0n) is 12.3. The van der Waals surface area contributed by atoms with Crippen LogP contribution in [0.4, 0.5) is 0 Å². The topological polar surface area (TPSA) is 64.8 Å². The van der Waals surface area contributed by atoms with Gasteiger partial charge in [0, 0.05) is 18.7 Å². The van der Waals surface area contributed by atoms with E-state index in [1.54, 1.807) is 6.92 Å². The number of nitrogens with zero attached hydrogens (tertiary/aromatic N) is 1. The van der Waals surface area contributed by atoms with Gasteiger partial charge in [0.25, 0.3) is 0 Å². The normalized spacial score (nSPS) is 10.6. The van der Waals surface area contributed by atoms with Gasteiger partial charge in [-0.15, -0.1) is 0 Å². The van der Waals surface area contributed by atoms with E-state index in [9.17, 15) is 4.79 Å². The van der Waals surface area contributed by atoms with Gasteiger partial charge in [-0.1, -0.05) is 25.1 Å². The molecule has 5 heteroatoms. The third-order valence-corrected chi connectivity index (χ3v) is 2.96. The Morgan fingerprint density at radius 3 is 2.70 bits per heavy atom. The molecule has 0 spiro atoms. The molecule has 112 valence electrons. The molecule has 0 bridgehead atoms. The molecule has 1 aromatic carbocycles. The van der Waals surface area contributed by atoms with Crippen molar-refractivity contribution in [1.82, 2.24) is 4.90 Å². The van der Waals surface area contributed by atoms with Crippen LogP contribution in [0.3, 0.4) is 0 Å². The lowest BCUT2D eigenvalue weighted by atomic mass is 10.2. The molecule has 2 N–H and O–H groups in total. The van der Waals surface area contributed by atoms with Gasteiger partial charge < -0.3 is 15.2 Å². The first-order valence-corrected chi connectivity index (χ1v) is 7.00. The largest absolute Gasteiger partial charge is 0.492 e. The molecule has 1 rings (SSSR count). The third kappa shape index (κ3) is 5.59. The van der Waals surface area contributed by atoms with Crippen molar-refractivity contribution in [3.8, 4) is 5.75 Å². The molecule has 0 aliphatic rings. The fourth-order valence-electron chi connectivity index (χ4n) is 1.84. The van der Waals surface area contributed by atoms with Crippen molar-refractivity contribution in [3.05, 3.63) is 29.8 Å². The summed E-state index contributed by atoms with van der Waals surface area (Å²) in [4.78, 5) is 13.4. The number of ether oxygens (including phenoxy) is 2. The number of esters is 1. The monoisotopic (exact) mass is 280 g/mol. The fourth-order valence-corrected chi connectivity index (χ4v) is 1.84. The molecule has 0 saturated heterocycles. The molecule has 0 fully saturated rings. The Hall–Kier alpha value is -1.59. The van der Waals surface area contributed by atoms with Gasteiger partial charge in [0.15, 0.2) is 0 Å². The predicted molar refractivity (Wildman–Crippen MR) is 78.6 cm³/mol. The van der Waals surface area contributed by atoms with E-state index in [0.29, 0.717) is 32.8 Å². The van der Waals surface area contributed by atoms with Crippen LogP contribution >= 0.6 is 0 Å². The van der Waals surface area contributed by atoms with Crippen LogP contribution < -0.4 is 10.5 Å². The lowest BCUT2D eigenvalue weighted by Crippen LogP contribution is -2.34. The highest BCUT2D eigenvalue weighted by Crippen LogP contribution is 2.16. The van der Waals surface area contributed by atoms with Crippen molar-refractivity contribution in [2.45, 2.75) is 20.4 Å². The lowest BCUT2D eigenvalue weighted by Gasteiger charge is -2.19. The summed E-state index contributed by atoms with van der Waals surface area (Å²) in [5, 5.41) is 0. The van der Waals surface area contributed by atoms with Gasteiger partial charge in [-0.25, -0.2) is 0 Å². The van der Waals surface area contributed by atoms with Crippen LogP contribution in [0.15, 0.2) is 24.3 Å². The van der Waals surface area contributed by atoms with E-state index in [-0.39, 0.29) is 5.97 Å². The van der Waals surface area contributed by atoms with E-state index >= 15 is 0 Å². The van der Waals surface area contributed by atoms with Crippen molar-refractivity contribution in [1.29, 1.82) is 0 Å². The van der Waals surface area contributed by atoms with Gasteiger partial charge in [-0.2, -0.15) is 0 Å². The number of benzene rings is 1. The molecule has 5 nitrogen and oxygen atoms in total. The number of hydrogen-bond donors (Lipinski definition) is 1. The van der Waals surface area contributed by atoms with Crippen LogP contribution in [-0.4, -0.2) is 43.7 Å². The molecular formula is C15H24N2O3. The Bertz CT molecular complexity index is 410. The van der Waals surface area contributed by atoms with Crippen molar-refractivity contribution in [2.24, 2.45) is 5.73 Å². The molecule has 0 radical (unpaired) electrons. The summed E-state index contributed by atoms with van der Waals surface area (Å²) in [6.07, 6.45) is 0.